The molecule has 146 valence electrons. The molecule has 5 heteroatoms. The molecule has 2 aromatic carbocycles. The molecule has 0 radical (unpaired) electrons. The normalized spacial score (nSPS) is 11.0. The van der Waals surface area contributed by atoms with Gasteiger partial charge in [0.1, 0.15) is 17.9 Å². The van der Waals surface area contributed by atoms with E-state index in [0.717, 1.165) is 22.9 Å². The van der Waals surface area contributed by atoms with Crippen LogP contribution in [0.3, 0.4) is 0 Å². The van der Waals surface area contributed by atoms with Gasteiger partial charge in [-0.1, -0.05) is 54.1 Å². The molecule has 0 fully saturated rings. The third-order valence-electron chi connectivity index (χ3n) is 3.96. The second kappa shape index (κ2) is 11.2. The van der Waals surface area contributed by atoms with Crippen LogP contribution < -0.4 is 4.74 Å². The summed E-state index contributed by atoms with van der Waals surface area (Å²) in [5.74, 6) is -0.386. The first-order valence-corrected chi connectivity index (χ1v) is 9.87. The minimum absolute atomic E-state index is 0.0267. The lowest BCUT2D eigenvalue weighted by Gasteiger charge is -2.09. The van der Waals surface area contributed by atoms with Gasteiger partial charge in [-0.05, 0) is 54.5 Å². The summed E-state index contributed by atoms with van der Waals surface area (Å²) in [5, 5.41) is 0. The fourth-order valence-electron chi connectivity index (χ4n) is 2.33. The van der Waals surface area contributed by atoms with E-state index in [1.165, 1.54) is 6.08 Å². The Labute approximate surface area is 174 Å². The Balaban J connectivity index is 2.14. The zero-order valence-electron chi connectivity index (χ0n) is 15.8. The zero-order valence-corrected chi connectivity index (χ0v) is 17.4. The number of esters is 1. The summed E-state index contributed by atoms with van der Waals surface area (Å²) in [6, 6.07) is 14.2. The molecule has 0 unspecified atom stereocenters. The average Bonchev–Trinajstić information content (AvgIpc) is 2.72. The summed E-state index contributed by atoms with van der Waals surface area (Å²) >= 11 is 3.34. The number of ether oxygens (including phenoxy) is 2. The molecule has 0 aromatic heterocycles. The van der Waals surface area contributed by atoms with Crippen molar-refractivity contribution < 1.29 is 19.1 Å². The lowest BCUT2D eigenvalue weighted by Crippen LogP contribution is -2.18. The highest BCUT2D eigenvalue weighted by Crippen LogP contribution is 2.16. The number of rotatable bonds is 10. The van der Waals surface area contributed by atoms with Crippen LogP contribution in [-0.2, 0) is 9.53 Å². The van der Waals surface area contributed by atoms with Gasteiger partial charge in [0.2, 0.25) is 0 Å². The van der Waals surface area contributed by atoms with E-state index in [1.807, 2.05) is 19.1 Å². The van der Waals surface area contributed by atoms with E-state index < -0.39 is 5.97 Å². The number of hydrogen-bond acceptors (Lipinski definition) is 4. The van der Waals surface area contributed by atoms with Gasteiger partial charge >= 0.3 is 5.97 Å². The van der Waals surface area contributed by atoms with Crippen molar-refractivity contribution in [2.24, 2.45) is 0 Å². The van der Waals surface area contributed by atoms with Crippen LogP contribution in [0.2, 0.25) is 0 Å². The van der Waals surface area contributed by atoms with Gasteiger partial charge in [-0.25, -0.2) is 4.79 Å². The second-order valence-electron chi connectivity index (χ2n) is 6.03. The van der Waals surface area contributed by atoms with Gasteiger partial charge in [-0.3, -0.25) is 4.79 Å². The molecule has 0 aliphatic rings. The maximum atomic E-state index is 12.8. The maximum absolute atomic E-state index is 12.8. The lowest BCUT2D eigenvalue weighted by molar-refractivity contribution is -0.138. The van der Waals surface area contributed by atoms with Gasteiger partial charge in [-0.2, -0.15) is 0 Å². The Kier molecular flexibility index (Phi) is 8.69. The standard InChI is InChI=1S/C23H23BrO4/c1-3-5-15-28-23(26)21(22(25)18-8-10-19(24)11-9-18)14-16-27-20-12-6-17(4-2)7-13-20/h4,6-14H,2-3,5,15-16H2,1H3. The van der Waals surface area contributed by atoms with Gasteiger partial charge in [0.15, 0.2) is 5.78 Å². The maximum Gasteiger partial charge on any atom is 0.341 e. The minimum atomic E-state index is -0.632. The van der Waals surface area contributed by atoms with Crippen LogP contribution in [0.25, 0.3) is 6.08 Å². The molecule has 2 aromatic rings. The number of carbonyl (C=O) groups excluding carboxylic acids is 2. The molecule has 0 heterocycles. The topological polar surface area (TPSA) is 52.6 Å². The quantitative estimate of drug-likeness (QED) is 0.119. The number of unbranched alkanes of at least 4 members (excludes halogenated alkanes) is 1. The zero-order chi connectivity index (χ0) is 20.4. The van der Waals surface area contributed by atoms with E-state index in [2.05, 4.69) is 22.5 Å². The highest BCUT2D eigenvalue weighted by Gasteiger charge is 2.21. The summed E-state index contributed by atoms with van der Waals surface area (Å²) < 4.78 is 11.7. The number of hydrogen-bond donors (Lipinski definition) is 0. The van der Waals surface area contributed by atoms with Gasteiger partial charge in [0.05, 0.1) is 6.61 Å². The molecule has 0 spiro atoms. The van der Waals surface area contributed by atoms with Gasteiger partial charge in [0.25, 0.3) is 0 Å². The molecule has 28 heavy (non-hydrogen) atoms. The summed E-state index contributed by atoms with van der Waals surface area (Å²) in [6.45, 7) is 6.07. The van der Waals surface area contributed by atoms with Crippen molar-refractivity contribution in [1.82, 2.24) is 0 Å². The summed E-state index contributed by atoms with van der Waals surface area (Å²) in [7, 11) is 0. The molecule has 0 aliphatic carbocycles. The fourth-order valence-corrected chi connectivity index (χ4v) is 2.60. The van der Waals surface area contributed by atoms with E-state index in [1.54, 1.807) is 42.5 Å². The van der Waals surface area contributed by atoms with Crippen LogP contribution in [0.5, 0.6) is 5.75 Å². The Bertz CT molecular complexity index is 836. The molecular weight excluding hydrogens is 420 g/mol. The summed E-state index contributed by atoms with van der Waals surface area (Å²) in [4.78, 5) is 25.2. The predicted molar refractivity (Wildman–Crippen MR) is 114 cm³/mol. The largest absolute Gasteiger partial charge is 0.490 e. The SMILES string of the molecule is C=Cc1ccc(OCC=C(C(=O)OCCCC)C(=O)c2ccc(Br)cc2)cc1. The molecule has 4 nitrogen and oxygen atoms in total. The van der Waals surface area contributed by atoms with Crippen LogP contribution in [-0.4, -0.2) is 25.0 Å². The molecule has 0 aliphatic heterocycles. The van der Waals surface area contributed by atoms with Crippen molar-refractivity contribution in [3.05, 3.63) is 82.4 Å². The third kappa shape index (κ3) is 6.50. The first-order chi connectivity index (χ1) is 13.5. The van der Waals surface area contributed by atoms with E-state index in [-0.39, 0.29) is 24.6 Å². The van der Waals surface area contributed by atoms with E-state index in [0.29, 0.717) is 11.3 Å². The van der Waals surface area contributed by atoms with E-state index >= 15 is 0 Å². The molecule has 0 atom stereocenters. The average molecular weight is 443 g/mol. The van der Waals surface area contributed by atoms with E-state index in [9.17, 15) is 9.59 Å². The minimum Gasteiger partial charge on any atom is -0.490 e. The molecule has 2 rings (SSSR count). The first kappa shape index (κ1) is 21.6. The summed E-state index contributed by atoms with van der Waals surface area (Å²) in [5.41, 5.74) is 1.37. The highest BCUT2D eigenvalue weighted by atomic mass is 79.9. The Morgan fingerprint density at radius 1 is 1.07 bits per heavy atom. The first-order valence-electron chi connectivity index (χ1n) is 9.08. The number of carbonyl (C=O) groups is 2. The molecule has 0 saturated carbocycles. The molecule has 0 saturated heterocycles. The van der Waals surface area contributed by atoms with E-state index in [4.69, 9.17) is 9.47 Å². The number of halogens is 1. The molecule has 0 N–H and O–H groups in total. The Morgan fingerprint density at radius 3 is 2.36 bits per heavy atom. The van der Waals surface area contributed by atoms with Crippen molar-refractivity contribution in [2.75, 3.05) is 13.2 Å². The molecule has 0 bridgehead atoms. The van der Waals surface area contributed by atoms with Crippen molar-refractivity contribution >= 4 is 33.8 Å². The van der Waals surface area contributed by atoms with Crippen LogP contribution in [0, 0.1) is 0 Å². The van der Waals surface area contributed by atoms with Gasteiger partial charge in [0, 0.05) is 10.0 Å². The monoisotopic (exact) mass is 442 g/mol. The van der Waals surface area contributed by atoms with Gasteiger partial charge in [-0.15, -0.1) is 0 Å². The number of benzene rings is 2. The third-order valence-corrected chi connectivity index (χ3v) is 4.48. The number of Topliss-reactive ketones (excluding diaryl/α,β-unsaturated/α-hetero) is 1. The number of ketones is 1. The van der Waals surface area contributed by atoms with Crippen molar-refractivity contribution in [1.29, 1.82) is 0 Å². The Hall–Kier alpha value is -2.66. The Morgan fingerprint density at radius 2 is 1.75 bits per heavy atom. The van der Waals surface area contributed by atoms with Crippen LogP contribution >= 0.6 is 15.9 Å². The van der Waals surface area contributed by atoms with Crippen molar-refractivity contribution in [2.45, 2.75) is 19.8 Å². The predicted octanol–water partition coefficient (Wildman–Crippen LogP) is 5.62. The van der Waals surface area contributed by atoms with Crippen LogP contribution in [0.1, 0.15) is 35.7 Å². The van der Waals surface area contributed by atoms with Crippen LogP contribution in [0.15, 0.2) is 71.2 Å². The van der Waals surface area contributed by atoms with Gasteiger partial charge < -0.3 is 9.47 Å². The lowest BCUT2D eigenvalue weighted by atomic mass is 10.0. The highest BCUT2D eigenvalue weighted by molar-refractivity contribution is 9.10. The smallest absolute Gasteiger partial charge is 0.341 e. The second-order valence-corrected chi connectivity index (χ2v) is 6.94. The van der Waals surface area contributed by atoms with Crippen molar-refractivity contribution in [3.63, 3.8) is 0 Å². The summed E-state index contributed by atoms with van der Waals surface area (Å²) in [6.07, 6.45) is 4.86. The molecular formula is C23H23BrO4. The fraction of sp³-hybridized carbons (Fsp3) is 0.217. The van der Waals surface area contributed by atoms with Crippen LogP contribution in [0.4, 0.5) is 0 Å². The van der Waals surface area contributed by atoms with Crippen molar-refractivity contribution in [3.8, 4) is 5.75 Å². The molecule has 0 amide bonds.